The molecule has 1 saturated carbocycles. The zero-order valence-corrected chi connectivity index (χ0v) is 15.0. The van der Waals surface area contributed by atoms with E-state index in [0.717, 1.165) is 31.5 Å². The lowest BCUT2D eigenvalue weighted by molar-refractivity contribution is 0.0671. The first-order valence-electron chi connectivity index (χ1n) is 9.20. The van der Waals surface area contributed by atoms with Crippen molar-refractivity contribution in [3.05, 3.63) is 40.5 Å². The maximum Gasteiger partial charge on any atom is 0.346 e. The number of furan rings is 1. The molecule has 1 amide bonds. The Balaban J connectivity index is 1.58. The van der Waals surface area contributed by atoms with Gasteiger partial charge in [-0.25, -0.2) is 9.48 Å². The zero-order valence-electron chi connectivity index (χ0n) is 15.0. The Bertz CT molecular complexity index is 819. The highest BCUT2D eigenvalue weighted by Crippen LogP contribution is 2.37. The number of methoxy groups -OCH3 is 1. The van der Waals surface area contributed by atoms with Gasteiger partial charge < -0.3 is 14.1 Å². The Kier molecular flexibility index (Phi) is 4.67. The number of hydrogen-bond acceptors (Lipinski definition) is 5. The summed E-state index contributed by atoms with van der Waals surface area (Å²) in [5.74, 6) is 1.14. The van der Waals surface area contributed by atoms with E-state index in [9.17, 15) is 9.59 Å². The van der Waals surface area contributed by atoms with Gasteiger partial charge in [0.1, 0.15) is 5.82 Å². The largest absolute Gasteiger partial charge is 0.459 e. The number of rotatable bonds is 6. The first kappa shape index (κ1) is 17.1. The number of likely N-dealkylation sites (tertiary alicyclic amines) is 1. The standard InChI is InChI=1S/C18H24N4O4/c1-25-11-9-21-18(24)22(14-6-7-14)16(19-21)13-4-2-8-20(12-13)17(23)15-5-3-10-26-15/h3,5,10,13-14H,2,4,6-9,11-12H2,1H3. The summed E-state index contributed by atoms with van der Waals surface area (Å²) < 4.78 is 13.7. The van der Waals surface area contributed by atoms with Gasteiger partial charge in [0.25, 0.3) is 5.91 Å². The summed E-state index contributed by atoms with van der Waals surface area (Å²) >= 11 is 0. The van der Waals surface area contributed by atoms with Crippen LogP contribution in [-0.2, 0) is 11.3 Å². The van der Waals surface area contributed by atoms with Gasteiger partial charge >= 0.3 is 5.69 Å². The van der Waals surface area contributed by atoms with Crippen molar-refractivity contribution in [2.75, 3.05) is 26.8 Å². The molecule has 2 aromatic heterocycles. The molecular weight excluding hydrogens is 336 g/mol. The lowest BCUT2D eigenvalue weighted by Crippen LogP contribution is -2.40. The molecule has 2 aromatic rings. The Morgan fingerprint density at radius 3 is 2.92 bits per heavy atom. The Morgan fingerprint density at radius 2 is 2.23 bits per heavy atom. The molecule has 1 saturated heterocycles. The molecule has 0 aromatic carbocycles. The van der Waals surface area contributed by atoms with Crippen LogP contribution in [0.5, 0.6) is 0 Å². The smallest absolute Gasteiger partial charge is 0.346 e. The van der Waals surface area contributed by atoms with Crippen molar-refractivity contribution < 1.29 is 13.9 Å². The molecule has 140 valence electrons. The van der Waals surface area contributed by atoms with Crippen LogP contribution in [0.25, 0.3) is 0 Å². The van der Waals surface area contributed by atoms with Crippen molar-refractivity contribution >= 4 is 5.91 Å². The highest BCUT2D eigenvalue weighted by Gasteiger charge is 2.35. The number of hydrogen-bond donors (Lipinski definition) is 0. The third kappa shape index (κ3) is 3.21. The summed E-state index contributed by atoms with van der Waals surface area (Å²) in [4.78, 5) is 27.1. The van der Waals surface area contributed by atoms with E-state index in [1.807, 2.05) is 9.47 Å². The molecular formula is C18H24N4O4. The minimum absolute atomic E-state index is 0.0611. The van der Waals surface area contributed by atoms with Crippen LogP contribution in [-0.4, -0.2) is 52.0 Å². The predicted molar refractivity (Wildman–Crippen MR) is 93.2 cm³/mol. The van der Waals surface area contributed by atoms with Crippen molar-refractivity contribution in [2.45, 2.75) is 44.2 Å². The van der Waals surface area contributed by atoms with E-state index in [4.69, 9.17) is 9.15 Å². The highest BCUT2D eigenvalue weighted by molar-refractivity contribution is 5.91. The quantitative estimate of drug-likeness (QED) is 0.782. The fourth-order valence-corrected chi connectivity index (χ4v) is 3.64. The van der Waals surface area contributed by atoms with Crippen LogP contribution in [0.4, 0.5) is 0 Å². The second-order valence-corrected chi connectivity index (χ2v) is 7.03. The number of ether oxygens (including phenoxy) is 1. The molecule has 0 N–H and O–H groups in total. The van der Waals surface area contributed by atoms with Crippen molar-refractivity contribution in [2.24, 2.45) is 0 Å². The van der Waals surface area contributed by atoms with Crippen LogP contribution in [0, 0.1) is 0 Å². The fourth-order valence-electron chi connectivity index (χ4n) is 3.64. The van der Waals surface area contributed by atoms with Crippen molar-refractivity contribution in [1.82, 2.24) is 19.2 Å². The number of carbonyl (C=O) groups excluding carboxylic acids is 1. The van der Waals surface area contributed by atoms with Gasteiger partial charge in [-0.1, -0.05) is 0 Å². The monoisotopic (exact) mass is 360 g/mol. The van der Waals surface area contributed by atoms with Crippen LogP contribution < -0.4 is 5.69 Å². The summed E-state index contributed by atoms with van der Waals surface area (Å²) in [7, 11) is 1.61. The molecule has 4 rings (SSSR count). The van der Waals surface area contributed by atoms with E-state index in [1.165, 1.54) is 10.9 Å². The van der Waals surface area contributed by atoms with E-state index in [-0.39, 0.29) is 23.6 Å². The number of nitrogens with zero attached hydrogens (tertiary/aromatic N) is 4. The lowest BCUT2D eigenvalue weighted by atomic mass is 9.97. The van der Waals surface area contributed by atoms with Gasteiger partial charge in [0.05, 0.1) is 19.4 Å². The van der Waals surface area contributed by atoms with E-state index >= 15 is 0 Å². The molecule has 0 radical (unpaired) electrons. The van der Waals surface area contributed by atoms with Gasteiger partial charge in [-0.3, -0.25) is 9.36 Å². The van der Waals surface area contributed by atoms with Crippen LogP contribution in [0.3, 0.4) is 0 Å². The van der Waals surface area contributed by atoms with Crippen molar-refractivity contribution in [3.63, 3.8) is 0 Å². The average Bonchev–Trinajstić information content (AvgIpc) is 3.23. The van der Waals surface area contributed by atoms with E-state index < -0.39 is 0 Å². The predicted octanol–water partition coefficient (Wildman–Crippen LogP) is 1.64. The molecule has 0 spiro atoms. The van der Waals surface area contributed by atoms with Crippen molar-refractivity contribution in [3.8, 4) is 0 Å². The van der Waals surface area contributed by atoms with E-state index in [1.54, 1.807) is 19.2 Å². The topological polar surface area (TPSA) is 82.5 Å². The number of piperidine rings is 1. The van der Waals surface area contributed by atoms with Gasteiger partial charge in [0.15, 0.2) is 5.76 Å². The Hall–Kier alpha value is -2.35. The van der Waals surface area contributed by atoms with Crippen LogP contribution >= 0.6 is 0 Å². The minimum atomic E-state index is -0.0983. The first-order valence-corrected chi connectivity index (χ1v) is 9.20. The van der Waals surface area contributed by atoms with E-state index in [2.05, 4.69) is 5.10 Å². The molecule has 26 heavy (non-hydrogen) atoms. The maximum atomic E-state index is 12.7. The molecule has 8 heteroatoms. The minimum Gasteiger partial charge on any atom is -0.459 e. The third-order valence-corrected chi connectivity index (χ3v) is 5.12. The first-order chi connectivity index (χ1) is 12.7. The molecule has 2 fully saturated rings. The molecule has 1 unspecified atom stereocenters. The van der Waals surface area contributed by atoms with Gasteiger partial charge in [-0.2, -0.15) is 5.10 Å². The maximum absolute atomic E-state index is 12.7. The number of aromatic nitrogens is 3. The Morgan fingerprint density at radius 1 is 1.38 bits per heavy atom. The van der Waals surface area contributed by atoms with Gasteiger partial charge in [0, 0.05) is 32.2 Å². The molecule has 3 heterocycles. The van der Waals surface area contributed by atoms with Gasteiger partial charge in [-0.05, 0) is 37.8 Å². The fraction of sp³-hybridized carbons (Fsp3) is 0.611. The van der Waals surface area contributed by atoms with Gasteiger partial charge in [-0.15, -0.1) is 0 Å². The molecule has 1 aliphatic carbocycles. The van der Waals surface area contributed by atoms with Crippen LogP contribution in [0.1, 0.15) is 54.0 Å². The zero-order chi connectivity index (χ0) is 18.1. The average molecular weight is 360 g/mol. The summed E-state index contributed by atoms with van der Waals surface area (Å²) in [6, 6.07) is 3.66. The normalized spacial score (nSPS) is 20.5. The van der Waals surface area contributed by atoms with E-state index in [0.29, 0.717) is 32.0 Å². The SMILES string of the molecule is COCCn1nc(C2CCCN(C(=O)c3ccco3)C2)n(C2CC2)c1=O. The van der Waals surface area contributed by atoms with Gasteiger partial charge in [0.2, 0.25) is 0 Å². The molecule has 1 atom stereocenters. The molecule has 0 bridgehead atoms. The summed E-state index contributed by atoms with van der Waals surface area (Å²) in [5.41, 5.74) is -0.0611. The summed E-state index contributed by atoms with van der Waals surface area (Å²) in [6.07, 6.45) is 5.36. The summed E-state index contributed by atoms with van der Waals surface area (Å²) in [5, 5.41) is 4.61. The lowest BCUT2D eigenvalue weighted by Gasteiger charge is -2.31. The van der Waals surface area contributed by atoms with Crippen molar-refractivity contribution in [1.29, 1.82) is 0 Å². The molecule has 2 aliphatic rings. The van der Waals surface area contributed by atoms with Crippen LogP contribution in [0.2, 0.25) is 0 Å². The second-order valence-electron chi connectivity index (χ2n) is 7.03. The summed E-state index contributed by atoms with van der Waals surface area (Å²) in [6.45, 7) is 2.17. The second kappa shape index (κ2) is 7.11. The number of carbonyl (C=O) groups is 1. The number of amides is 1. The molecule has 1 aliphatic heterocycles. The third-order valence-electron chi connectivity index (χ3n) is 5.12. The Labute approximate surface area is 151 Å². The van der Waals surface area contributed by atoms with Crippen LogP contribution in [0.15, 0.2) is 27.6 Å². The molecule has 8 nitrogen and oxygen atoms in total. The highest BCUT2D eigenvalue weighted by atomic mass is 16.5.